The molecule has 1 N–H and O–H groups in total. The summed E-state index contributed by atoms with van der Waals surface area (Å²) in [5.41, 5.74) is 0.209. The van der Waals surface area contributed by atoms with Crippen LogP contribution in [0.15, 0.2) is 24.3 Å². The molecule has 0 bridgehead atoms. The average Bonchev–Trinajstić information content (AvgIpc) is 2.99. The Morgan fingerprint density at radius 1 is 1.00 bits per heavy atom. The highest BCUT2D eigenvalue weighted by Crippen LogP contribution is 2.15. The molecule has 0 aliphatic carbocycles. The van der Waals surface area contributed by atoms with E-state index in [1.54, 1.807) is 18.2 Å². The molecule has 0 saturated carbocycles. The zero-order chi connectivity index (χ0) is 19.9. The van der Waals surface area contributed by atoms with Crippen LogP contribution < -0.4 is 5.32 Å². The highest BCUT2D eigenvalue weighted by Gasteiger charge is 2.27. The van der Waals surface area contributed by atoms with E-state index in [9.17, 15) is 14.0 Å². The minimum atomic E-state index is -0.431. The predicted molar refractivity (Wildman–Crippen MR) is 108 cm³/mol. The van der Waals surface area contributed by atoms with Gasteiger partial charge in [-0.15, -0.1) is 0 Å². The maximum atomic E-state index is 13.7. The predicted octanol–water partition coefficient (Wildman–Crippen LogP) is 2.17. The maximum Gasteiger partial charge on any atom is 0.241 e. The first kappa shape index (κ1) is 20.7. The molecule has 1 aromatic rings. The van der Waals surface area contributed by atoms with Crippen molar-refractivity contribution in [2.75, 3.05) is 51.1 Å². The number of anilines is 1. The molecule has 7 heteroatoms. The molecular formula is C21H31FN4O2. The van der Waals surface area contributed by atoms with Gasteiger partial charge >= 0.3 is 0 Å². The molecule has 1 aromatic carbocycles. The van der Waals surface area contributed by atoms with Crippen LogP contribution in [-0.2, 0) is 9.59 Å². The van der Waals surface area contributed by atoms with Crippen molar-refractivity contribution < 1.29 is 14.0 Å². The van der Waals surface area contributed by atoms with Gasteiger partial charge in [0.1, 0.15) is 5.82 Å². The molecule has 2 amide bonds. The van der Waals surface area contributed by atoms with Crippen LogP contribution in [0.5, 0.6) is 0 Å². The van der Waals surface area contributed by atoms with E-state index in [1.807, 2.05) is 11.8 Å². The number of nitrogens with zero attached hydrogens (tertiary/aromatic N) is 3. The van der Waals surface area contributed by atoms with E-state index in [4.69, 9.17) is 0 Å². The number of carbonyl (C=O) groups excluding carboxylic acids is 2. The number of hydrogen-bond donors (Lipinski definition) is 1. The summed E-state index contributed by atoms with van der Waals surface area (Å²) in [7, 11) is 0. The van der Waals surface area contributed by atoms with Crippen molar-refractivity contribution in [2.24, 2.45) is 0 Å². The molecule has 2 aliphatic heterocycles. The number of hydrogen-bond acceptors (Lipinski definition) is 4. The highest BCUT2D eigenvalue weighted by molar-refractivity contribution is 5.94. The lowest BCUT2D eigenvalue weighted by Crippen LogP contribution is -2.54. The SMILES string of the molecule is C[C@@H](C(=O)Nc1ccccc1F)N1CCN(CC(=O)N2CCCCCC2)CC1. The smallest absolute Gasteiger partial charge is 0.241 e. The Kier molecular flexibility index (Phi) is 7.39. The second kappa shape index (κ2) is 9.98. The summed E-state index contributed by atoms with van der Waals surface area (Å²) in [4.78, 5) is 31.3. The van der Waals surface area contributed by atoms with Crippen LogP contribution in [0.2, 0.25) is 0 Å². The van der Waals surface area contributed by atoms with Gasteiger partial charge in [-0.1, -0.05) is 25.0 Å². The molecule has 2 aliphatic rings. The molecule has 3 rings (SSSR count). The first-order valence-electron chi connectivity index (χ1n) is 10.3. The van der Waals surface area contributed by atoms with Gasteiger partial charge in [-0.05, 0) is 31.9 Å². The van der Waals surface area contributed by atoms with Gasteiger partial charge in [0.2, 0.25) is 11.8 Å². The number of halogens is 1. The maximum absolute atomic E-state index is 13.7. The van der Waals surface area contributed by atoms with Crippen molar-refractivity contribution >= 4 is 17.5 Å². The molecule has 0 spiro atoms. The number of nitrogens with one attached hydrogen (secondary N) is 1. The van der Waals surface area contributed by atoms with Crippen molar-refractivity contribution in [3.63, 3.8) is 0 Å². The Balaban J connectivity index is 1.44. The van der Waals surface area contributed by atoms with Crippen molar-refractivity contribution in [2.45, 2.75) is 38.6 Å². The topological polar surface area (TPSA) is 55.9 Å². The van der Waals surface area contributed by atoms with Gasteiger partial charge in [0, 0.05) is 39.3 Å². The van der Waals surface area contributed by atoms with Gasteiger partial charge in [0.15, 0.2) is 0 Å². The Labute approximate surface area is 166 Å². The molecule has 28 heavy (non-hydrogen) atoms. The van der Waals surface area contributed by atoms with Gasteiger partial charge in [-0.2, -0.15) is 0 Å². The number of piperazine rings is 1. The third kappa shape index (κ3) is 5.52. The average molecular weight is 391 g/mol. The molecule has 1 atom stereocenters. The number of amides is 2. The van der Waals surface area contributed by atoms with E-state index in [2.05, 4.69) is 15.1 Å². The summed E-state index contributed by atoms with van der Waals surface area (Å²) >= 11 is 0. The summed E-state index contributed by atoms with van der Waals surface area (Å²) in [5, 5.41) is 2.67. The molecule has 2 fully saturated rings. The van der Waals surface area contributed by atoms with E-state index >= 15 is 0 Å². The Bertz CT molecular complexity index is 668. The Hall–Kier alpha value is -1.99. The van der Waals surface area contributed by atoms with E-state index in [0.717, 1.165) is 52.1 Å². The van der Waals surface area contributed by atoms with Crippen molar-refractivity contribution in [3.8, 4) is 0 Å². The second-order valence-electron chi connectivity index (χ2n) is 7.75. The molecule has 6 nitrogen and oxygen atoms in total. The van der Waals surface area contributed by atoms with Crippen LogP contribution in [0.1, 0.15) is 32.6 Å². The number of rotatable bonds is 5. The fraction of sp³-hybridized carbons (Fsp3) is 0.619. The van der Waals surface area contributed by atoms with Gasteiger partial charge < -0.3 is 10.2 Å². The van der Waals surface area contributed by atoms with Crippen LogP contribution in [-0.4, -0.2) is 78.4 Å². The Morgan fingerprint density at radius 3 is 2.29 bits per heavy atom. The Morgan fingerprint density at radius 2 is 1.64 bits per heavy atom. The molecule has 2 heterocycles. The zero-order valence-corrected chi connectivity index (χ0v) is 16.7. The fourth-order valence-electron chi connectivity index (χ4n) is 3.89. The van der Waals surface area contributed by atoms with Crippen molar-refractivity contribution in [1.29, 1.82) is 0 Å². The molecule has 154 valence electrons. The lowest BCUT2D eigenvalue weighted by molar-refractivity contribution is -0.133. The molecule has 0 aromatic heterocycles. The summed E-state index contributed by atoms with van der Waals surface area (Å²) in [6.07, 6.45) is 4.65. The van der Waals surface area contributed by atoms with Gasteiger partial charge in [0.25, 0.3) is 0 Å². The van der Waals surface area contributed by atoms with E-state index in [1.165, 1.54) is 18.9 Å². The summed E-state index contributed by atoms with van der Waals surface area (Å²) in [5.74, 6) is -0.417. The molecule has 0 radical (unpaired) electrons. The normalized spacial score (nSPS) is 20.4. The highest BCUT2D eigenvalue weighted by atomic mass is 19.1. The lowest BCUT2D eigenvalue weighted by atomic mass is 10.2. The fourth-order valence-corrected chi connectivity index (χ4v) is 3.89. The van der Waals surface area contributed by atoms with Crippen molar-refractivity contribution in [3.05, 3.63) is 30.1 Å². The largest absolute Gasteiger partial charge is 0.342 e. The monoisotopic (exact) mass is 390 g/mol. The first-order chi connectivity index (χ1) is 13.5. The summed E-state index contributed by atoms with van der Waals surface area (Å²) in [6.45, 7) is 7.03. The molecule has 2 saturated heterocycles. The van der Waals surface area contributed by atoms with E-state index in [-0.39, 0.29) is 23.5 Å². The summed E-state index contributed by atoms with van der Waals surface area (Å²) < 4.78 is 13.7. The van der Waals surface area contributed by atoms with Gasteiger partial charge in [-0.3, -0.25) is 19.4 Å². The van der Waals surface area contributed by atoms with Crippen molar-refractivity contribution in [1.82, 2.24) is 14.7 Å². The number of benzene rings is 1. The quantitative estimate of drug-likeness (QED) is 0.837. The minimum absolute atomic E-state index is 0.209. The second-order valence-corrected chi connectivity index (χ2v) is 7.75. The first-order valence-corrected chi connectivity index (χ1v) is 10.3. The molecule has 0 unspecified atom stereocenters. The number of likely N-dealkylation sites (tertiary alicyclic amines) is 1. The van der Waals surface area contributed by atoms with Crippen LogP contribution in [0.4, 0.5) is 10.1 Å². The third-order valence-corrected chi connectivity index (χ3v) is 5.78. The van der Waals surface area contributed by atoms with E-state index < -0.39 is 5.82 Å². The molecular weight excluding hydrogens is 359 g/mol. The lowest BCUT2D eigenvalue weighted by Gasteiger charge is -2.37. The van der Waals surface area contributed by atoms with Gasteiger partial charge in [0.05, 0.1) is 18.3 Å². The summed E-state index contributed by atoms with van der Waals surface area (Å²) in [6, 6.07) is 5.85. The van der Waals surface area contributed by atoms with E-state index in [0.29, 0.717) is 6.54 Å². The standard InChI is InChI=1S/C21H31FN4O2/c1-17(21(28)23-19-9-5-4-8-18(19)22)25-14-12-24(13-15-25)16-20(27)26-10-6-2-3-7-11-26/h4-5,8-9,17H,2-3,6-7,10-16H2,1H3,(H,23,28)/t17-/m0/s1. The van der Waals surface area contributed by atoms with Crippen LogP contribution in [0.3, 0.4) is 0 Å². The third-order valence-electron chi connectivity index (χ3n) is 5.78. The van der Waals surface area contributed by atoms with Crippen LogP contribution in [0, 0.1) is 5.82 Å². The number of carbonyl (C=O) groups is 2. The minimum Gasteiger partial charge on any atom is -0.342 e. The number of para-hydroxylation sites is 1. The zero-order valence-electron chi connectivity index (χ0n) is 16.7. The van der Waals surface area contributed by atoms with Gasteiger partial charge in [-0.25, -0.2) is 4.39 Å². The van der Waals surface area contributed by atoms with Crippen LogP contribution in [0.25, 0.3) is 0 Å². The van der Waals surface area contributed by atoms with Crippen LogP contribution >= 0.6 is 0 Å².